The van der Waals surface area contributed by atoms with Gasteiger partial charge in [0.2, 0.25) is 5.91 Å². The monoisotopic (exact) mass is 256 g/mol. The van der Waals surface area contributed by atoms with Crippen LogP contribution in [0.4, 0.5) is 5.69 Å². The Kier molecular flexibility index (Phi) is 2.83. The number of rotatable bonds is 2. The van der Waals surface area contributed by atoms with Crippen LogP contribution in [0.1, 0.15) is 12.2 Å². The summed E-state index contributed by atoms with van der Waals surface area (Å²) >= 11 is 0. The molecule has 0 spiro atoms. The van der Waals surface area contributed by atoms with E-state index in [4.69, 9.17) is 5.73 Å². The first kappa shape index (κ1) is 11.9. The number of nitrogens with zero attached hydrogens (tertiary/aromatic N) is 1. The fraction of sp³-hybridized carbons (Fsp3) is 0.286. The van der Waals surface area contributed by atoms with E-state index in [1.165, 1.54) is 0 Å². The van der Waals surface area contributed by atoms with Gasteiger partial charge in [-0.1, -0.05) is 12.2 Å². The number of imidazole rings is 1. The van der Waals surface area contributed by atoms with Crippen LogP contribution in [0, 0.1) is 12.8 Å². The first-order valence-corrected chi connectivity index (χ1v) is 6.33. The number of aromatic nitrogens is 2. The van der Waals surface area contributed by atoms with Crippen molar-refractivity contribution in [3.05, 3.63) is 36.2 Å². The van der Waals surface area contributed by atoms with Gasteiger partial charge in [-0.3, -0.25) is 4.79 Å². The van der Waals surface area contributed by atoms with Crippen molar-refractivity contribution in [2.75, 3.05) is 5.32 Å². The fourth-order valence-electron chi connectivity index (χ4n) is 2.37. The smallest absolute Gasteiger partial charge is 0.231 e. The first-order chi connectivity index (χ1) is 9.11. The average molecular weight is 256 g/mol. The van der Waals surface area contributed by atoms with Crippen LogP contribution in [0.2, 0.25) is 0 Å². The van der Waals surface area contributed by atoms with Crippen molar-refractivity contribution in [3.63, 3.8) is 0 Å². The van der Waals surface area contributed by atoms with Gasteiger partial charge in [0.05, 0.1) is 17.0 Å². The van der Waals surface area contributed by atoms with Gasteiger partial charge in [0, 0.05) is 11.7 Å². The normalized spacial score (nSPS) is 22.0. The second kappa shape index (κ2) is 4.51. The number of hydrogen-bond acceptors (Lipinski definition) is 3. The van der Waals surface area contributed by atoms with E-state index in [0.29, 0.717) is 6.42 Å². The van der Waals surface area contributed by atoms with E-state index in [1.54, 1.807) is 0 Å². The molecular formula is C14H16N4O. The molecule has 4 N–H and O–H groups in total. The molecular weight excluding hydrogens is 240 g/mol. The quantitative estimate of drug-likeness (QED) is 0.715. The summed E-state index contributed by atoms with van der Waals surface area (Å²) in [5.41, 5.74) is 8.35. The summed E-state index contributed by atoms with van der Waals surface area (Å²) in [6.07, 6.45) is 4.43. The average Bonchev–Trinajstić information content (AvgIpc) is 2.93. The molecule has 2 atom stereocenters. The summed E-state index contributed by atoms with van der Waals surface area (Å²) in [6.45, 7) is 1.91. The molecule has 0 aliphatic heterocycles. The van der Waals surface area contributed by atoms with Gasteiger partial charge in [-0.25, -0.2) is 4.98 Å². The van der Waals surface area contributed by atoms with Crippen molar-refractivity contribution >= 4 is 22.6 Å². The highest BCUT2D eigenvalue weighted by Crippen LogP contribution is 2.21. The lowest BCUT2D eigenvalue weighted by molar-refractivity contribution is -0.118. The minimum atomic E-state index is -0.130. The topological polar surface area (TPSA) is 83.8 Å². The van der Waals surface area contributed by atoms with E-state index in [1.807, 2.05) is 37.3 Å². The molecule has 0 bridgehead atoms. The Morgan fingerprint density at radius 3 is 3.05 bits per heavy atom. The molecule has 5 heteroatoms. The van der Waals surface area contributed by atoms with E-state index in [-0.39, 0.29) is 17.9 Å². The summed E-state index contributed by atoms with van der Waals surface area (Å²) in [6, 6.07) is 5.64. The third kappa shape index (κ3) is 2.37. The van der Waals surface area contributed by atoms with Crippen molar-refractivity contribution in [3.8, 4) is 0 Å². The number of fused-ring (bicyclic) bond motifs is 1. The molecule has 5 nitrogen and oxygen atoms in total. The highest BCUT2D eigenvalue weighted by molar-refractivity contribution is 5.95. The molecule has 19 heavy (non-hydrogen) atoms. The summed E-state index contributed by atoms with van der Waals surface area (Å²) in [4.78, 5) is 19.5. The molecule has 1 aromatic heterocycles. The highest BCUT2D eigenvalue weighted by Gasteiger charge is 2.22. The Hall–Kier alpha value is -2.14. The van der Waals surface area contributed by atoms with Gasteiger partial charge < -0.3 is 16.0 Å². The zero-order valence-electron chi connectivity index (χ0n) is 10.7. The molecule has 0 saturated carbocycles. The molecule has 3 rings (SSSR count). The maximum Gasteiger partial charge on any atom is 0.231 e. The zero-order valence-corrected chi connectivity index (χ0v) is 10.7. The number of H-pyrrole nitrogens is 1. The molecule has 98 valence electrons. The van der Waals surface area contributed by atoms with E-state index < -0.39 is 0 Å². The number of hydrogen-bond donors (Lipinski definition) is 3. The molecule has 0 radical (unpaired) electrons. The van der Waals surface area contributed by atoms with E-state index >= 15 is 0 Å². The molecule has 1 aliphatic carbocycles. The summed E-state index contributed by atoms with van der Waals surface area (Å²) in [5.74, 6) is 0.720. The van der Waals surface area contributed by atoms with E-state index in [9.17, 15) is 4.79 Å². The number of anilines is 1. The number of aromatic amines is 1. The maximum atomic E-state index is 12.1. The Morgan fingerprint density at radius 1 is 1.47 bits per heavy atom. The molecule has 2 unspecified atom stereocenters. The standard InChI is InChI=1S/C14H16N4O/c1-8-16-12-5-4-11(7-13(12)17-8)18-14(19)9-2-3-10(15)6-9/h2-5,7,9-10H,6,15H2,1H3,(H,16,17)(H,18,19). The van der Waals surface area contributed by atoms with Gasteiger partial charge in [-0.15, -0.1) is 0 Å². The zero-order chi connectivity index (χ0) is 13.4. The minimum Gasteiger partial charge on any atom is -0.342 e. The van der Waals surface area contributed by atoms with Gasteiger partial charge in [0.15, 0.2) is 0 Å². The summed E-state index contributed by atoms with van der Waals surface area (Å²) in [7, 11) is 0. The number of aryl methyl sites for hydroxylation is 1. The number of nitrogens with two attached hydrogens (primary N) is 1. The number of amides is 1. The molecule has 1 amide bonds. The lowest BCUT2D eigenvalue weighted by atomic mass is 10.1. The van der Waals surface area contributed by atoms with Crippen LogP contribution in [0.25, 0.3) is 11.0 Å². The lowest BCUT2D eigenvalue weighted by Gasteiger charge is -2.10. The van der Waals surface area contributed by atoms with Crippen LogP contribution in [0.5, 0.6) is 0 Å². The highest BCUT2D eigenvalue weighted by atomic mass is 16.1. The molecule has 1 aromatic carbocycles. The second-order valence-corrected chi connectivity index (χ2v) is 4.93. The van der Waals surface area contributed by atoms with Crippen molar-refractivity contribution in [1.29, 1.82) is 0 Å². The predicted molar refractivity (Wildman–Crippen MR) is 74.7 cm³/mol. The van der Waals surface area contributed by atoms with Crippen LogP contribution in [0.15, 0.2) is 30.4 Å². The number of carbonyl (C=O) groups excluding carboxylic acids is 1. The van der Waals surface area contributed by atoms with Crippen LogP contribution >= 0.6 is 0 Å². The van der Waals surface area contributed by atoms with E-state index in [0.717, 1.165) is 22.5 Å². The minimum absolute atomic E-state index is 0.00603. The van der Waals surface area contributed by atoms with Crippen LogP contribution in [0.3, 0.4) is 0 Å². The number of carbonyl (C=O) groups is 1. The van der Waals surface area contributed by atoms with Gasteiger partial charge in [0.25, 0.3) is 0 Å². The predicted octanol–water partition coefficient (Wildman–Crippen LogP) is 1.71. The Balaban J connectivity index is 1.77. The second-order valence-electron chi connectivity index (χ2n) is 4.93. The van der Waals surface area contributed by atoms with Crippen molar-refractivity contribution in [1.82, 2.24) is 9.97 Å². The first-order valence-electron chi connectivity index (χ1n) is 6.33. The van der Waals surface area contributed by atoms with Gasteiger partial charge in [-0.05, 0) is 31.5 Å². The van der Waals surface area contributed by atoms with Crippen molar-refractivity contribution in [2.45, 2.75) is 19.4 Å². The largest absolute Gasteiger partial charge is 0.342 e. The lowest BCUT2D eigenvalue weighted by Crippen LogP contribution is -2.23. The molecule has 0 fully saturated rings. The van der Waals surface area contributed by atoms with Crippen molar-refractivity contribution < 1.29 is 4.79 Å². The van der Waals surface area contributed by atoms with Crippen molar-refractivity contribution in [2.24, 2.45) is 11.7 Å². The van der Waals surface area contributed by atoms with Crippen LogP contribution in [-0.4, -0.2) is 21.9 Å². The van der Waals surface area contributed by atoms with Gasteiger partial charge in [0.1, 0.15) is 5.82 Å². The molecule has 1 heterocycles. The van der Waals surface area contributed by atoms with Crippen LogP contribution < -0.4 is 11.1 Å². The number of benzene rings is 1. The molecule has 0 saturated heterocycles. The third-order valence-corrected chi connectivity index (χ3v) is 3.32. The van der Waals surface area contributed by atoms with E-state index in [2.05, 4.69) is 15.3 Å². The fourth-order valence-corrected chi connectivity index (χ4v) is 2.37. The van der Waals surface area contributed by atoms with Gasteiger partial charge >= 0.3 is 0 Å². The number of nitrogens with one attached hydrogen (secondary N) is 2. The maximum absolute atomic E-state index is 12.1. The Morgan fingerprint density at radius 2 is 2.32 bits per heavy atom. The third-order valence-electron chi connectivity index (χ3n) is 3.32. The SMILES string of the molecule is Cc1nc2ccc(NC(=O)C3C=CC(N)C3)cc2[nH]1. The van der Waals surface area contributed by atoms with Gasteiger partial charge in [-0.2, -0.15) is 0 Å². The summed E-state index contributed by atoms with van der Waals surface area (Å²) < 4.78 is 0. The molecule has 1 aliphatic rings. The molecule has 2 aromatic rings. The summed E-state index contributed by atoms with van der Waals surface area (Å²) in [5, 5.41) is 2.91. The Bertz CT molecular complexity index is 659. The Labute approximate surface area is 110 Å². The van der Waals surface area contributed by atoms with Crippen LogP contribution in [-0.2, 0) is 4.79 Å².